The minimum atomic E-state index is -2.96. The van der Waals surface area contributed by atoms with Crippen LogP contribution in [0.15, 0.2) is 0 Å². The first-order valence-corrected chi connectivity index (χ1v) is 8.96. The molecule has 0 aliphatic heterocycles. The lowest BCUT2D eigenvalue weighted by molar-refractivity contribution is 0.369. The smallest absolute Gasteiger partial charge is 0.156 e. The second-order valence-electron chi connectivity index (χ2n) is 5.98. The summed E-state index contributed by atoms with van der Waals surface area (Å²) in [5.74, 6) is 0.207. The van der Waals surface area contributed by atoms with Crippen molar-refractivity contribution < 1.29 is 8.42 Å². The molecule has 18 heavy (non-hydrogen) atoms. The first-order valence-electron chi connectivity index (χ1n) is 7.35. The van der Waals surface area contributed by atoms with Gasteiger partial charge in [-0.15, -0.1) is 0 Å². The summed E-state index contributed by atoms with van der Waals surface area (Å²) in [5.41, 5.74) is 0. The van der Waals surface area contributed by atoms with Crippen molar-refractivity contribution in [2.45, 2.75) is 76.3 Å². The number of hydrogen-bond acceptors (Lipinski definition) is 3. The summed E-state index contributed by atoms with van der Waals surface area (Å²) >= 11 is 0. The van der Waals surface area contributed by atoms with Crippen molar-refractivity contribution in [2.75, 3.05) is 6.54 Å². The monoisotopic (exact) mass is 275 g/mol. The zero-order valence-electron chi connectivity index (χ0n) is 12.3. The van der Waals surface area contributed by atoms with E-state index in [0.717, 1.165) is 38.6 Å². The van der Waals surface area contributed by atoms with Crippen molar-refractivity contribution in [1.82, 2.24) is 5.32 Å². The molecule has 0 heterocycles. The van der Waals surface area contributed by atoms with Gasteiger partial charge in [0.05, 0.1) is 10.5 Å². The van der Waals surface area contributed by atoms with E-state index in [2.05, 4.69) is 12.2 Å². The van der Waals surface area contributed by atoms with Gasteiger partial charge in [0.1, 0.15) is 0 Å². The number of hydrogen-bond donors (Lipinski definition) is 1. The molecular formula is C14H29NO2S. The van der Waals surface area contributed by atoms with Crippen molar-refractivity contribution >= 4 is 9.84 Å². The molecule has 3 unspecified atom stereocenters. The normalized spacial score (nSPS) is 27.4. The number of sulfone groups is 1. The Labute approximate surface area is 113 Å². The van der Waals surface area contributed by atoms with Crippen LogP contribution in [0.3, 0.4) is 0 Å². The van der Waals surface area contributed by atoms with Gasteiger partial charge in [0.25, 0.3) is 0 Å². The zero-order chi connectivity index (χ0) is 13.8. The van der Waals surface area contributed by atoms with Gasteiger partial charge in [-0.05, 0) is 45.1 Å². The first kappa shape index (κ1) is 16.0. The fourth-order valence-electron chi connectivity index (χ4n) is 2.66. The lowest BCUT2D eigenvalue weighted by Crippen LogP contribution is -2.42. The Morgan fingerprint density at radius 2 is 1.89 bits per heavy atom. The zero-order valence-corrected chi connectivity index (χ0v) is 13.1. The second kappa shape index (κ2) is 6.90. The third-order valence-corrected chi connectivity index (χ3v) is 7.17. The molecule has 0 radical (unpaired) electrons. The van der Waals surface area contributed by atoms with Gasteiger partial charge in [-0.25, -0.2) is 8.42 Å². The van der Waals surface area contributed by atoms with Crippen LogP contribution in [0, 0.1) is 5.92 Å². The van der Waals surface area contributed by atoms with Gasteiger partial charge in [-0.3, -0.25) is 0 Å². The Bertz CT molecular complexity index is 338. The molecule has 4 heteroatoms. The molecule has 1 N–H and O–H groups in total. The van der Waals surface area contributed by atoms with Gasteiger partial charge in [0, 0.05) is 6.04 Å². The minimum Gasteiger partial charge on any atom is -0.314 e. The van der Waals surface area contributed by atoms with E-state index < -0.39 is 9.84 Å². The van der Waals surface area contributed by atoms with E-state index in [4.69, 9.17) is 0 Å². The van der Waals surface area contributed by atoms with E-state index in [1.807, 2.05) is 20.8 Å². The number of nitrogens with one attached hydrogen (secondary N) is 1. The van der Waals surface area contributed by atoms with Crippen LogP contribution in [-0.2, 0) is 9.84 Å². The SMILES string of the molecule is CCCNC1CCCC(S(=O)(=O)C(C)C(C)C)C1. The van der Waals surface area contributed by atoms with Crippen LogP contribution >= 0.6 is 0 Å². The van der Waals surface area contributed by atoms with E-state index >= 15 is 0 Å². The summed E-state index contributed by atoms with van der Waals surface area (Å²) in [6.45, 7) is 9.00. The van der Waals surface area contributed by atoms with E-state index in [0.29, 0.717) is 6.04 Å². The highest BCUT2D eigenvalue weighted by Crippen LogP contribution is 2.29. The first-order chi connectivity index (χ1) is 8.39. The van der Waals surface area contributed by atoms with Crippen LogP contribution in [-0.4, -0.2) is 31.5 Å². The van der Waals surface area contributed by atoms with E-state index in [-0.39, 0.29) is 16.4 Å². The Balaban J connectivity index is 2.65. The van der Waals surface area contributed by atoms with Crippen molar-refractivity contribution in [3.8, 4) is 0 Å². The van der Waals surface area contributed by atoms with Crippen molar-refractivity contribution in [2.24, 2.45) is 5.92 Å². The molecule has 1 aliphatic carbocycles. The molecule has 0 spiro atoms. The van der Waals surface area contributed by atoms with Gasteiger partial charge in [-0.2, -0.15) is 0 Å². The van der Waals surface area contributed by atoms with E-state index in [1.165, 1.54) is 0 Å². The lowest BCUT2D eigenvalue weighted by Gasteiger charge is -2.32. The molecule has 0 amide bonds. The van der Waals surface area contributed by atoms with Crippen LogP contribution in [0.4, 0.5) is 0 Å². The molecule has 1 saturated carbocycles. The molecular weight excluding hydrogens is 246 g/mol. The average molecular weight is 275 g/mol. The van der Waals surface area contributed by atoms with Crippen molar-refractivity contribution in [1.29, 1.82) is 0 Å². The molecule has 3 nitrogen and oxygen atoms in total. The summed E-state index contributed by atoms with van der Waals surface area (Å²) in [7, 11) is -2.96. The molecule has 0 saturated heterocycles. The van der Waals surface area contributed by atoms with Crippen LogP contribution in [0.2, 0.25) is 0 Å². The Kier molecular flexibility index (Phi) is 6.12. The maximum Gasteiger partial charge on any atom is 0.156 e. The topological polar surface area (TPSA) is 46.2 Å². The summed E-state index contributed by atoms with van der Waals surface area (Å²) in [6, 6.07) is 0.401. The van der Waals surface area contributed by atoms with Crippen LogP contribution in [0.1, 0.15) is 59.8 Å². The quantitative estimate of drug-likeness (QED) is 0.811. The molecule has 3 atom stereocenters. The van der Waals surface area contributed by atoms with Crippen molar-refractivity contribution in [3.63, 3.8) is 0 Å². The maximum absolute atomic E-state index is 12.5. The predicted octanol–water partition coefficient (Wildman–Crippen LogP) is 2.76. The van der Waals surface area contributed by atoms with Crippen LogP contribution in [0.5, 0.6) is 0 Å². The fraction of sp³-hybridized carbons (Fsp3) is 1.00. The fourth-order valence-corrected chi connectivity index (χ4v) is 5.02. The summed E-state index contributed by atoms with van der Waals surface area (Å²) in [6.07, 6.45) is 4.93. The van der Waals surface area contributed by atoms with Crippen LogP contribution in [0.25, 0.3) is 0 Å². The molecule has 1 rings (SSSR count). The standard InChI is InChI=1S/C14H29NO2S/c1-5-9-15-13-7-6-8-14(10-13)18(16,17)12(4)11(2)3/h11-15H,5-10H2,1-4H3. The highest BCUT2D eigenvalue weighted by Gasteiger charge is 2.36. The number of rotatable bonds is 6. The van der Waals surface area contributed by atoms with Gasteiger partial charge in [0.2, 0.25) is 0 Å². The summed E-state index contributed by atoms with van der Waals surface area (Å²) in [4.78, 5) is 0. The largest absolute Gasteiger partial charge is 0.314 e. The van der Waals surface area contributed by atoms with Gasteiger partial charge < -0.3 is 5.32 Å². The predicted molar refractivity (Wildman–Crippen MR) is 77.6 cm³/mol. The molecule has 0 bridgehead atoms. The molecule has 108 valence electrons. The van der Waals surface area contributed by atoms with Crippen LogP contribution < -0.4 is 5.32 Å². The second-order valence-corrected chi connectivity index (χ2v) is 8.57. The van der Waals surface area contributed by atoms with E-state index in [1.54, 1.807) is 0 Å². The minimum absolute atomic E-state index is 0.127. The maximum atomic E-state index is 12.5. The summed E-state index contributed by atoms with van der Waals surface area (Å²) in [5, 5.41) is 3.13. The summed E-state index contributed by atoms with van der Waals surface area (Å²) < 4.78 is 25.0. The Morgan fingerprint density at radius 1 is 1.22 bits per heavy atom. The van der Waals surface area contributed by atoms with Gasteiger partial charge in [-0.1, -0.05) is 27.2 Å². The highest BCUT2D eigenvalue weighted by atomic mass is 32.2. The third-order valence-electron chi connectivity index (χ3n) is 4.23. The molecule has 1 fully saturated rings. The molecule has 0 aromatic rings. The highest BCUT2D eigenvalue weighted by molar-refractivity contribution is 7.92. The third kappa shape index (κ3) is 3.95. The Morgan fingerprint density at radius 3 is 2.44 bits per heavy atom. The Hall–Kier alpha value is -0.0900. The molecule has 1 aliphatic rings. The average Bonchev–Trinajstić information content (AvgIpc) is 2.35. The van der Waals surface area contributed by atoms with Gasteiger partial charge >= 0.3 is 0 Å². The molecule has 0 aromatic carbocycles. The van der Waals surface area contributed by atoms with E-state index in [9.17, 15) is 8.42 Å². The molecule has 0 aromatic heterocycles. The van der Waals surface area contributed by atoms with Crippen molar-refractivity contribution in [3.05, 3.63) is 0 Å². The van der Waals surface area contributed by atoms with Gasteiger partial charge in [0.15, 0.2) is 9.84 Å². The lowest BCUT2D eigenvalue weighted by atomic mass is 9.95.